The van der Waals surface area contributed by atoms with Crippen LogP contribution in [0.15, 0.2) is 12.1 Å². The predicted molar refractivity (Wildman–Crippen MR) is 67.4 cm³/mol. The van der Waals surface area contributed by atoms with E-state index >= 15 is 0 Å². The lowest BCUT2D eigenvalue weighted by Gasteiger charge is -2.10. The quantitative estimate of drug-likeness (QED) is 0.857. The molecule has 0 fully saturated rings. The number of carbonyl (C=O) groups is 1. The summed E-state index contributed by atoms with van der Waals surface area (Å²) in [6, 6.07) is 4.40. The molecule has 1 aromatic rings. The maximum Gasteiger partial charge on any atom is 0.224 e. The largest absolute Gasteiger partial charge is 0.328 e. The van der Waals surface area contributed by atoms with Crippen LogP contribution in [0.25, 0.3) is 0 Å². The van der Waals surface area contributed by atoms with Crippen LogP contribution >= 0.6 is 0 Å². The molecule has 1 amide bonds. The van der Waals surface area contributed by atoms with E-state index in [0.29, 0.717) is 17.7 Å². The zero-order valence-electron chi connectivity index (χ0n) is 10.5. The van der Waals surface area contributed by atoms with Gasteiger partial charge in [0.15, 0.2) is 0 Å². The van der Waals surface area contributed by atoms with Crippen LogP contribution in [0.2, 0.25) is 0 Å². The molecule has 0 aliphatic heterocycles. The lowest BCUT2D eigenvalue weighted by atomic mass is 10.1. The third kappa shape index (κ3) is 3.82. The van der Waals surface area contributed by atoms with Gasteiger partial charge in [-0.2, -0.15) is 5.26 Å². The van der Waals surface area contributed by atoms with Gasteiger partial charge in [-0.05, 0) is 32.4 Å². The van der Waals surface area contributed by atoms with Crippen molar-refractivity contribution in [2.75, 3.05) is 5.32 Å². The molecule has 1 unspecified atom stereocenters. The van der Waals surface area contributed by atoms with E-state index in [2.05, 4.69) is 5.32 Å². The van der Waals surface area contributed by atoms with E-state index in [9.17, 15) is 9.18 Å². The number of hydrogen-bond donors (Lipinski definition) is 2. The summed E-state index contributed by atoms with van der Waals surface area (Å²) in [5.41, 5.74) is 6.39. The fourth-order valence-electron chi connectivity index (χ4n) is 1.44. The van der Waals surface area contributed by atoms with Gasteiger partial charge in [-0.1, -0.05) is 0 Å². The van der Waals surface area contributed by atoms with Crippen LogP contribution in [0, 0.1) is 24.1 Å². The highest BCUT2D eigenvalue weighted by Gasteiger charge is 2.10. The second kappa shape index (κ2) is 6.12. The molecule has 0 saturated carbocycles. The number of benzene rings is 1. The first-order valence-electron chi connectivity index (χ1n) is 5.69. The first kappa shape index (κ1) is 14.1. The third-order valence-corrected chi connectivity index (χ3v) is 2.57. The van der Waals surface area contributed by atoms with Crippen molar-refractivity contribution in [1.29, 1.82) is 5.26 Å². The summed E-state index contributed by atoms with van der Waals surface area (Å²) in [6.07, 6.45) is 0.834. The monoisotopic (exact) mass is 249 g/mol. The number of hydrogen-bond acceptors (Lipinski definition) is 3. The normalized spacial score (nSPS) is 11.7. The number of amides is 1. The summed E-state index contributed by atoms with van der Waals surface area (Å²) < 4.78 is 13.5. The molecule has 1 aromatic carbocycles. The Bertz CT molecular complexity index is 492. The molecule has 0 radical (unpaired) electrons. The van der Waals surface area contributed by atoms with Crippen LogP contribution in [0.3, 0.4) is 0 Å². The molecule has 0 spiro atoms. The fraction of sp³-hybridized carbons (Fsp3) is 0.385. The molecule has 96 valence electrons. The maximum atomic E-state index is 13.5. The SMILES string of the molecule is Cc1c(F)cc(C#N)cc1NC(=O)CCC(C)N. The summed E-state index contributed by atoms with van der Waals surface area (Å²) >= 11 is 0. The van der Waals surface area contributed by atoms with Crippen molar-refractivity contribution in [2.24, 2.45) is 5.73 Å². The lowest BCUT2D eigenvalue weighted by Crippen LogP contribution is -2.20. The minimum atomic E-state index is -0.503. The van der Waals surface area contributed by atoms with Gasteiger partial charge in [0.05, 0.1) is 11.6 Å². The van der Waals surface area contributed by atoms with Crippen LogP contribution in [-0.2, 0) is 4.79 Å². The molecule has 3 N–H and O–H groups in total. The Kier molecular flexibility index (Phi) is 4.81. The standard InChI is InChI=1S/C13H16FN3O/c1-8(16)3-4-13(18)17-12-6-10(7-15)5-11(14)9(12)2/h5-6,8H,3-4,16H2,1-2H3,(H,17,18). The van der Waals surface area contributed by atoms with E-state index in [1.165, 1.54) is 6.07 Å². The first-order chi connectivity index (χ1) is 8.43. The Morgan fingerprint density at radius 3 is 2.83 bits per heavy atom. The average Bonchev–Trinajstić information content (AvgIpc) is 2.32. The Morgan fingerprint density at radius 1 is 1.61 bits per heavy atom. The van der Waals surface area contributed by atoms with Crippen molar-refractivity contribution >= 4 is 11.6 Å². The molecule has 18 heavy (non-hydrogen) atoms. The summed E-state index contributed by atoms with van der Waals surface area (Å²) in [6.45, 7) is 3.37. The molecule has 4 nitrogen and oxygen atoms in total. The molecule has 5 heteroatoms. The molecular formula is C13H16FN3O. The minimum absolute atomic E-state index is 0.0565. The van der Waals surface area contributed by atoms with E-state index in [-0.39, 0.29) is 23.9 Å². The molecule has 0 aliphatic carbocycles. The highest BCUT2D eigenvalue weighted by Crippen LogP contribution is 2.20. The van der Waals surface area contributed by atoms with Crippen LogP contribution < -0.4 is 11.1 Å². The molecule has 1 rings (SSSR count). The van der Waals surface area contributed by atoms with E-state index in [0.717, 1.165) is 6.07 Å². The van der Waals surface area contributed by atoms with Crippen molar-refractivity contribution in [3.05, 3.63) is 29.1 Å². The molecule has 0 heterocycles. The second-order valence-corrected chi connectivity index (χ2v) is 4.31. The van der Waals surface area contributed by atoms with Gasteiger partial charge in [0, 0.05) is 23.7 Å². The zero-order valence-corrected chi connectivity index (χ0v) is 10.5. The van der Waals surface area contributed by atoms with Crippen LogP contribution in [0.4, 0.5) is 10.1 Å². The number of nitrogens with one attached hydrogen (secondary N) is 1. The van der Waals surface area contributed by atoms with Gasteiger partial charge in [0.1, 0.15) is 5.82 Å². The van der Waals surface area contributed by atoms with Crippen molar-refractivity contribution in [3.63, 3.8) is 0 Å². The maximum absolute atomic E-state index is 13.5. The van der Waals surface area contributed by atoms with Crippen molar-refractivity contribution in [1.82, 2.24) is 0 Å². The van der Waals surface area contributed by atoms with Crippen LogP contribution in [0.1, 0.15) is 30.9 Å². The smallest absolute Gasteiger partial charge is 0.224 e. The highest BCUT2D eigenvalue weighted by atomic mass is 19.1. The van der Waals surface area contributed by atoms with Gasteiger partial charge in [-0.25, -0.2) is 4.39 Å². The predicted octanol–water partition coefficient (Wildman–Crippen LogP) is 2.07. The van der Waals surface area contributed by atoms with Gasteiger partial charge in [-0.15, -0.1) is 0 Å². The van der Waals surface area contributed by atoms with Crippen molar-refractivity contribution in [3.8, 4) is 6.07 Å². The molecule has 0 aliphatic rings. The molecule has 0 aromatic heterocycles. The summed E-state index contributed by atoms with van der Waals surface area (Å²) in [4.78, 5) is 11.6. The third-order valence-electron chi connectivity index (χ3n) is 2.57. The number of nitriles is 1. The van der Waals surface area contributed by atoms with E-state index < -0.39 is 5.82 Å². The molecule has 1 atom stereocenters. The Morgan fingerprint density at radius 2 is 2.28 bits per heavy atom. The van der Waals surface area contributed by atoms with Gasteiger partial charge in [0.25, 0.3) is 0 Å². The average molecular weight is 249 g/mol. The Hall–Kier alpha value is -1.93. The van der Waals surface area contributed by atoms with E-state index in [4.69, 9.17) is 11.0 Å². The second-order valence-electron chi connectivity index (χ2n) is 4.31. The van der Waals surface area contributed by atoms with Crippen molar-refractivity contribution < 1.29 is 9.18 Å². The Balaban J connectivity index is 2.81. The number of nitrogens with zero attached hydrogens (tertiary/aromatic N) is 1. The number of nitrogens with two attached hydrogens (primary N) is 1. The Labute approximate surface area is 106 Å². The van der Waals surface area contributed by atoms with Crippen LogP contribution in [0.5, 0.6) is 0 Å². The molecule has 0 bridgehead atoms. The first-order valence-corrected chi connectivity index (χ1v) is 5.69. The zero-order chi connectivity index (χ0) is 13.7. The number of rotatable bonds is 4. The summed E-state index contributed by atoms with van der Waals surface area (Å²) in [5.74, 6) is -0.735. The summed E-state index contributed by atoms with van der Waals surface area (Å²) in [7, 11) is 0. The van der Waals surface area contributed by atoms with Gasteiger partial charge >= 0.3 is 0 Å². The number of halogens is 1. The van der Waals surface area contributed by atoms with Crippen LogP contribution in [-0.4, -0.2) is 11.9 Å². The van der Waals surface area contributed by atoms with Crippen molar-refractivity contribution in [2.45, 2.75) is 32.7 Å². The topological polar surface area (TPSA) is 78.9 Å². The number of carbonyl (C=O) groups excluding carboxylic acids is 1. The summed E-state index contributed by atoms with van der Waals surface area (Å²) in [5, 5.41) is 11.3. The van der Waals surface area contributed by atoms with Gasteiger partial charge < -0.3 is 11.1 Å². The van der Waals surface area contributed by atoms with E-state index in [1.54, 1.807) is 6.92 Å². The minimum Gasteiger partial charge on any atom is -0.328 e. The number of anilines is 1. The highest BCUT2D eigenvalue weighted by molar-refractivity contribution is 5.91. The molecular weight excluding hydrogens is 233 g/mol. The van der Waals surface area contributed by atoms with E-state index in [1.807, 2.05) is 13.0 Å². The lowest BCUT2D eigenvalue weighted by molar-refractivity contribution is -0.116. The van der Waals surface area contributed by atoms with Gasteiger partial charge in [-0.3, -0.25) is 4.79 Å². The van der Waals surface area contributed by atoms with Gasteiger partial charge in [0.2, 0.25) is 5.91 Å². The fourth-order valence-corrected chi connectivity index (χ4v) is 1.44. The molecule has 0 saturated heterocycles.